The fourth-order valence-electron chi connectivity index (χ4n) is 3.73. The lowest BCUT2D eigenvalue weighted by molar-refractivity contribution is -0.110. The molecule has 0 atom stereocenters. The van der Waals surface area contributed by atoms with Gasteiger partial charge in [0.1, 0.15) is 0 Å². The number of nitrogens with one attached hydrogen (secondary N) is 3. The summed E-state index contributed by atoms with van der Waals surface area (Å²) < 4.78 is 0. The van der Waals surface area contributed by atoms with Gasteiger partial charge in [0.05, 0.1) is 5.57 Å². The number of piperazine rings is 1. The Hall–Kier alpha value is -2.83. The molecule has 0 aromatic heterocycles. The Morgan fingerprint density at radius 3 is 2.52 bits per heavy atom. The zero-order valence-corrected chi connectivity index (χ0v) is 16.9. The number of nitrogens with zero attached hydrogens (tertiary/aromatic N) is 2. The number of rotatable bonds is 7. The van der Waals surface area contributed by atoms with Crippen LogP contribution in [0.15, 0.2) is 54.7 Å². The molecule has 0 aliphatic carbocycles. The first-order valence-electron chi connectivity index (χ1n) is 10.3. The van der Waals surface area contributed by atoms with Crippen LogP contribution in [0.25, 0.3) is 5.57 Å². The standard InChI is InChI=1S/C23H29N5O/c1-27-13-15-28(16-14-27)12-4-11-24-18-7-9-19(10-8-18)25-17-21-20-5-2-3-6-22(20)26-23(21)29/h2-3,5-10,17,24-25H,4,11-16H2,1H3,(H,26,29)/b21-17-. The Kier molecular flexibility index (Phi) is 6.12. The van der Waals surface area contributed by atoms with Gasteiger partial charge in [-0.25, -0.2) is 0 Å². The fraction of sp³-hybridized carbons (Fsp3) is 0.348. The molecule has 0 radical (unpaired) electrons. The molecular formula is C23H29N5O. The van der Waals surface area contributed by atoms with E-state index in [1.807, 2.05) is 36.4 Å². The lowest BCUT2D eigenvalue weighted by Gasteiger charge is -2.32. The van der Waals surface area contributed by atoms with Crippen molar-refractivity contribution in [2.45, 2.75) is 6.42 Å². The second-order valence-electron chi connectivity index (χ2n) is 7.70. The third-order valence-corrected chi connectivity index (χ3v) is 5.55. The van der Waals surface area contributed by atoms with Crippen molar-refractivity contribution in [3.8, 4) is 0 Å². The normalized spacial score (nSPS) is 18.5. The SMILES string of the molecule is CN1CCN(CCCNc2ccc(N/C=C3\C(=O)Nc4ccccc43)cc2)CC1. The van der Waals surface area contributed by atoms with E-state index in [-0.39, 0.29) is 5.91 Å². The van der Waals surface area contributed by atoms with E-state index in [2.05, 4.69) is 44.9 Å². The van der Waals surface area contributed by atoms with Gasteiger partial charge in [0.25, 0.3) is 5.91 Å². The molecule has 152 valence electrons. The van der Waals surface area contributed by atoms with Crippen LogP contribution in [0.2, 0.25) is 0 Å². The summed E-state index contributed by atoms with van der Waals surface area (Å²) in [6.45, 7) is 6.82. The van der Waals surface area contributed by atoms with E-state index in [0.717, 1.165) is 42.1 Å². The highest BCUT2D eigenvalue weighted by molar-refractivity contribution is 6.31. The van der Waals surface area contributed by atoms with E-state index in [9.17, 15) is 4.79 Å². The summed E-state index contributed by atoms with van der Waals surface area (Å²) in [6.07, 6.45) is 2.92. The van der Waals surface area contributed by atoms with Crippen molar-refractivity contribution in [1.29, 1.82) is 0 Å². The molecule has 4 rings (SSSR count). The lowest BCUT2D eigenvalue weighted by Crippen LogP contribution is -2.44. The lowest BCUT2D eigenvalue weighted by atomic mass is 10.1. The highest BCUT2D eigenvalue weighted by Gasteiger charge is 2.23. The Labute approximate surface area is 172 Å². The Balaban J connectivity index is 1.24. The zero-order chi connectivity index (χ0) is 20.1. The van der Waals surface area contributed by atoms with Crippen LogP contribution in [0.5, 0.6) is 0 Å². The van der Waals surface area contributed by atoms with Crippen LogP contribution in [-0.4, -0.2) is 62.0 Å². The molecule has 0 spiro atoms. The first kappa shape index (κ1) is 19.5. The first-order valence-corrected chi connectivity index (χ1v) is 10.3. The molecule has 0 unspecified atom stereocenters. The smallest absolute Gasteiger partial charge is 0.257 e. The van der Waals surface area contributed by atoms with Gasteiger partial charge >= 0.3 is 0 Å². The van der Waals surface area contributed by atoms with Crippen molar-refractivity contribution in [2.24, 2.45) is 0 Å². The predicted molar refractivity (Wildman–Crippen MR) is 120 cm³/mol. The number of anilines is 3. The van der Waals surface area contributed by atoms with Gasteiger partial charge in [0.2, 0.25) is 0 Å². The number of amides is 1. The topological polar surface area (TPSA) is 59.6 Å². The molecular weight excluding hydrogens is 362 g/mol. The molecule has 0 bridgehead atoms. The van der Waals surface area contributed by atoms with Crippen molar-refractivity contribution in [1.82, 2.24) is 9.80 Å². The molecule has 2 aliphatic heterocycles. The average molecular weight is 392 g/mol. The largest absolute Gasteiger partial charge is 0.385 e. The van der Waals surface area contributed by atoms with Crippen LogP contribution in [0.3, 0.4) is 0 Å². The zero-order valence-electron chi connectivity index (χ0n) is 16.9. The van der Waals surface area contributed by atoms with Gasteiger partial charge in [-0.2, -0.15) is 0 Å². The molecule has 2 heterocycles. The van der Waals surface area contributed by atoms with Gasteiger partial charge in [-0.3, -0.25) is 4.79 Å². The molecule has 2 aromatic carbocycles. The molecule has 1 amide bonds. The fourth-order valence-corrected chi connectivity index (χ4v) is 3.73. The molecule has 0 saturated carbocycles. The van der Waals surface area contributed by atoms with Gasteiger partial charge in [0, 0.05) is 61.5 Å². The molecule has 1 fully saturated rings. The highest BCUT2D eigenvalue weighted by atomic mass is 16.2. The third-order valence-electron chi connectivity index (χ3n) is 5.55. The number of para-hydroxylation sites is 1. The number of hydrogen-bond acceptors (Lipinski definition) is 5. The van der Waals surface area contributed by atoms with Gasteiger partial charge < -0.3 is 25.8 Å². The summed E-state index contributed by atoms with van der Waals surface area (Å²) >= 11 is 0. The minimum atomic E-state index is -0.0719. The minimum absolute atomic E-state index is 0.0719. The summed E-state index contributed by atoms with van der Waals surface area (Å²) in [4.78, 5) is 17.1. The average Bonchev–Trinajstić information content (AvgIpc) is 3.07. The summed E-state index contributed by atoms with van der Waals surface area (Å²) in [6, 6.07) is 15.9. The van der Waals surface area contributed by atoms with Gasteiger partial charge in [-0.15, -0.1) is 0 Å². The molecule has 2 aromatic rings. The van der Waals surface area contributed by atoms with E-state index in [1.165, 1.54) is 26.2 Å². The van der Waals surface area contributed by atoms with Gasteiger partial charge in [-0.05, 0) is 50.3 Å². The summed E-state index contributed by atoms with van der Waals surface area (Å²) in [5.74, 6) is -0.0719. The predicted octanol–water partition coefficient (Wildman–Crippen LogP) is 3.14. The maximum absolute atomic E-state index is 12.1. The van der Waals surface area contributed by atoms with Crippen LogP contribution < -0.4 is 16.0 Å². The quantitative estimate of drug-likeness (QED) is 0.500. The maximum Gasteiger partial charge on any atom is 0.257 e. The first-order chi connectivity index (χ1) is 14.2. The van der Waals surface area contributed by atoms with Crippen molar-refractivity contribution >= 4 is 28.5 Å². The minimum Gasteiger partial charge on any atom is -0.385 e. The van der Waals surface area contributed by atoms with Crippen molar-refractivity contribution < 1.29 is 4.79 Å². The van der Waals surface area contributed by atoms with E-state index >= 15 is 0 Å². The maximum atomic E-state index is 12.1. The number of fused-ring (bicyclic) bond motifs is 1. The van der Waals surface area contributed by atoms with Crippen LogP contribution in [0.4, 0.5) is 17.1 Å². The highest BCUT2D eigenvalue weighted by Crippen LogP contribution is 2.31. The van der Waals surface area contributed by atoms with Crippen LogP contribution >= 0.6 is 0 Å². The molecule has 6 nitrogen and oxygen atoms in total. The van der Waals surface area contributed by atoms with Gasteiger partial charge in [0.15, 0.2) is 0 Å². The second kappa shape index (κ2) is 9.11. The molecule has 6 heteroatoms. The number of carbonyl (C=O) groups excluding carboxylic acids is 1. The third kappa shape index (κ3) is 4.96. The summed E-state index contributed by atoms with van der Waals surface area (Å²) in [5.41, 5.74) is 4.53. The second-order valence-corrected chi connectivity index (χ2v) is 7.70. The van der Waals surface area contributed by atoms with Gasteiger partial charge in [-0.1, -0.05) is 18.2 Å². The van der Waals surface area contributed by atoms with E-state index in [0.29, 0.717) is 5.57 Å². The monoisotopic (exact) mass is 391 g/mol. The Morgan fingerprint density at radius 2 is 1.72 bits per heavy atom. The summed E-state index contributed by atoms with van der Waals surface area (Å²) in [5, 5.41) is 9.62. The van der Waals surface area contributed by atoms with Crippen molar-refractivity contribution in [3.05, 3.63) is 60.3 Å². The molecule has 2 aliphatic rings. The van der Waals surface area contributed by atoms with E-state index in [4.69, 9.17) is 0 Å². The van der Waals surface area contributed by atoms with Crippen LogP contribution in [0.1, 0.15) is 12.0 Å². The van der Waals surface area contributed by atoms with Crippen LogP contribution in [-0.2, 0) is 4.79 Å². The number of benzene rings is 2. The molecule has 1 saturated heterocycles. The van der Waals surface area contributed by atoms with E-state index < -0.39 is 0 Å². The summed E-state index contributed by atoms with van der Waals surface area (Å²) in [7, 11) is 2.19. The Bertz CT molecular complexity index is 869. The van der Waals surface area contributed by atoms with Crippen LogP contribution in [0, 0.1) is 0 Å². The Morgan fingerprint density at radius 1 is 1.00 bits per heavy atom. The van der Waals surface area contributed by atoms with E-state index in [1.54, 1.807) is 6.20 Å². The van der Waals surface area contributed by atoms with Crippen molar-refractivity contribution in [2.75, 3.05) is 62.3 Å². The number of likely N-dealkylation sites (N-methyl/N-ethyl adjacent to an activating group) is 1. The number of carbonyl (C=O) groups is 1. The number of hydrogen-bond donors (Lipinski definition) is 3. The molecule has 29 heavy (non-hydrogen) atoms. The molecule has 3 N–H and O–H groups in total. The van der Waals surface area contributed by atoms with Crippen molar-refractivity contribution in [3.63, 3.8) is 0 Å².